The third kappa shape index (κ3) is 4.14. The van der Waals surface area contributed by atoms with Gasteiger partial charge in [0.25, 0.3) is 0 Å². The van der Waals surface area contributed by atoms with E-state index in [1.54, 1.807) is 19.2 Å². The SMILES string of the molecule is CCN(C)C(=O)O[C@H]1CC[C@@H](c2cc(Nc3ccc4c(c3F)CS(=O)(=O)C4)n[nH]2)C1. The van der Waals surface area contributed by atoms with E-state index in [-0.39, 0.29) is 40.9 Å². The van der Waals surface area contributed by atoms with Gasteiger partial charge in [0.1, 0.15) is 6.10 Å². The lowest BCUT2D eigenvalue weighted by Gasteiger charge is -2.18. The highest BCUT2D eigenvalue weighted by molar-refractivity contribution is 7.90. The Balaban J connectivity index is 1.41. The molecule has 2 heterocycles. The number of H-pyrrole nitrogens is 1. The number of sulfone groups is 1. The molecule has 2 N–H and O–H groups in total. The molecule has 2 atom stereocenters. The van der Waals surface area contributed by atoms with E-state index in [1.807, 2.05) is 13.0 Å². The minimum Gasteiger partial charge on any atom is -0.446 e. The first-order chi connectivity index (χ1) is 14.3. The van der Waals surface area contributed by atoms with Crippen molar-refractivity contribution in [3.8, 4) is 0 Å². The van der Waals surface area contributed by atoms with Gasteiger partial charge in [-0.1, -0.05) is 6.07 Å². The number of ether oxygens (including phenoxy) is 1. The van der Waals surface area contributed by atoms with Crippen molar-refractivity contribution in [1.29, 1.82) is 0 Å². The smallest absolute Gasteiger partial charge is 0.409 e. The van der Waals surface area contributed by atoms with Crippen LogP contribution in [0.25, 0.3) is 0 Å². The number of benzene rings is 1. The van der Waals surface area contributed by atoms with Crippen LogP contribution in [0.1, 0.15) is 48.9 Å². The lowest BCUT2D eigenvalue weighted by atomic mass is 10.0. The van der Waals surface area contributed by atoms with Crippen molar-refractivity contribution in [3.63, 3.8) is 0 Å². The van der Waals surface area contributed by atoms with E-state index in [0.717, 1.165) is 18.5 Å². The Labute approximate surface area is 174 Å². The van der Waals surface area contributed by atoms with Gasteiger partial charge in [0.2, 0.25) is 0 Å². The number of nitrogens with zero attached hydrogens (tertiary/aromatic N) is 2. The fourth-order valence-corrected chi connectivity index (χ4v) is 5.59. The summed E-state index contributed by atoms with van der Waals surface area (Å²) in [5, 5.41) is 10.1. The van der Waals surface area contributed by atoms with Crippen LogP contribution in [0, 0.1) is 5.82 Å². The Bertz CT molecular complexity index is 1070. The van der Waals surface area contributed by atoms with E-state index < -0.39 is 15.7 Å². The number of hydrogen-bond acceptors (Lipinski definition) is 6. The summed E-state index contributed by atoms with van der Waals surface area (Å²) in [7, 11) is -1.57. The van der Waals surface area contributed by atoms with Crippen LogP contribution in [0.15, 0.2) is 18.2 Å². The van der Waals surface area contributed by atoms with E-state index in [0.29, 0.717) is 24.3 Å². The highest BCUT2D eigenvalue weighted by atomic mass is 32.2. The molecule has 8 nitrogen and oxygen atoms in total. The molecule has 10 heteroatoms. The molecule has 30 heavy (non-hydrogen) atoms. The summed E-state index contributed by atoms with van der Waals surface area (Å²) in [4.78, 5) is 13.5. The van der Waals surface area contributed by atoms with Gasteiger partial charge in [0.15, 0.2) is 21.5 Å². The minimum absolute atomic E-state index is 0.118. The predicted octanol–water partition coefficient (Wildman–Crippen LogP) is 3.45. The summed E-state index contributed by atoms with van der Waals surface area (Å²) < 4.78 is 43.8. The number of aromatic nitrogens is 2. The zero-order valence-electron chi connectivity index (χ0n) is 16.9. The third-order valence-electron chi connectivity index (χ3n) is 5.82. The Morgan fingerprint density at radius 2 is 2.17 bits per heavy atom. The van der Waals surface area contributed by atoms with Gasteiger partial charge >= 0.3 is 6.09 Å². The summed E-state index contributed by atoms with van der Waals surface area (Å²) in [6.45, 7) is 2.48. The normalized spacial score (nSPS) is 22.0. The molecule has 4 rings (SSSR count). The molecule has 0 unspecified atom stereocenters. The molecule has 0 spiro atoms. The van der Waals surface area contributed by atoms with Crippen molar-refractivity contribution in [2.45, 2.75) is 49.7 Å². The van der Waals surface area contributed by atoms with Gasteiger partial charge < -0.3 is 15.0 Å². The van der Waals surface area contributed by atoms with Gasteiger partial charge in [0.05, 0.1) is 17.2 Å². The van der Waals surface area contributed by atoms with Crippen molar-refractivity contribution in [1.82, 2.24) is 15.1 Å². The van der Waals surface area contributed by atoms with Crippen molar-refractivity contribution in [2.24, 2.45) is 0 Å². The summed E-state index contributed by atoms with van der Waals surface area (Å²) in [5.74, 6) is -0.312. The number of anilines is 2. The first-order valence-electron chi connectivity index (χ1n) is 10.0. The zero-order valence-corrected chi connectivity index (χ0v) is 17.8. The van der Waals surface area contributed by atoms with E-state index in [9.17, 15) is 17.6 Å². The Morgan fingerprint density at radius 1 is 1.37 bits per heavy atom. The molecule has 2 aromatic rings. The van der Waals surface area contributed by atoms with Crippen LogP contribution in [0.2, 0.25) is 0 Å². The monoisotopic (exact) mass is 436 g/mol. The van der Waals surface area contributed by atoms with Crippen LogP contribution in [0.4, 0.5) is 20.7 Å². The molecule has 1 fully saturated rings. The average Bonchev–Trinajstić information content (AvgIpc) is 3.41. The van der Waals surface area contributed by atoms with E-state index in [4.69, 9.17) is 4.74 Å². The summed E-state index contributed by atoms with van der Waals surface area (Å²) >= 11 is 0. The van der Waals surface area contributed by atoms with Crippen molar-refractivity contribution in [3.05, 3.63) is 40.8 Å². The molecule has 0 bridgehead atoms. The third-order valence-corrected chi connectivity index (χ3v) is 7.30. The van der Waals surface area contributed by atoms with Gasteiger partial charge in [-0.25, -0.2) is 17.6 Å². The fourth-order valence-electron chi connectivity index (χ4n) is 4.00. The zero-order chi connectivity index (χ0) is 21.5. The lowest BCUT2D eigenvalue weighted by molar-refractivity contribution is 0.0725. The second-order valence-electron chi connectivity index (χ2n) is 7.96. The van der Waals surface area contributed by atoms with E-state index in [2.05, 4.69) is 15.5 Å². The highest BCUT2D eigenvalue weighted by Gasteiger charge is 2.31. The largest absolute Gasteiger partial charge is 0.446 e. The number of fused-ring (bicyclic) bond motifs is 1. The standard InChI is InChI=1S/C20H25FN4O4S/c1-3-25(2)20(26)29-14-6-4-12(8-14)17-9-18(24-23-17)22-16-7-5-13-10-30(27,28)11-15(13)19(16)21/h5,7,9,12,14H,3-4,6,8,10-11H2,1-2H3,(H2,22,23,24)/t12-,14+/m1/s1. The molecule has 0 radical (unpaired) electrons. The lowest BCUT2D eigenvalue weighted by Crippen LogP contribution is -2.30. The summed E-state index contributed by atoms with van der Waals surface area (Å²) in [6, 6.07) is 5.00. The van der Waals surface area contributed by atoms with Gasteiger partial charge in [-0.3, -0.25) is 5.10 Å². The van der Waals surface area contributed by atoms with Gasteiger partial charge in [-0.05, 0) is 37.8 Å². The molecule has 1 aliphatic heterocycles. The summed E-state index contributed by atoms with van der Waals surface area (Å²) in [6.07, 6.45) is 1.90. The fraction of sp³-hybridized carbons (Fsp3) is 0.500. The summed E-state index contributed by atoms with van der Waals surface area (Å²) in [5.41, 5.74) is 1.84. The number of hydrogen-bond donors (Lipinski definition) is 2. The maximum Gasteiger partial charge on any atom is 0.409 e. The number of carbonyl (C=O) groups is 1. The average molecular weight is 437 g/mol. The molecule has 1 aliphatic carbocycles. The topological polar surface area (TPSA) is 104 Å². The van der Waals surface area contributed by atoms with E-state index in [1.165, 1.54) is 4.90 Å². The highest BCUT2D eigenvalue weighted by Crippen LogP contribution is 2.37. The molecule has 0 saturated heterocycles. The second-order valence-corrected chi connectivity index (χ2v) is 10.0. The first-order valence-corrected chi connectivity index (χ1v) is 11.8. The molecule has 1 saturated carbocycles. The molecular formula is C20H25FN4O4S. The van der Waals surface area contributed by atoms with Crippen LogP contribution in [-0.2, 0) is 26.1 Å². The maximum atomic E-state index is 14.8. The number of rotatable bonds is 5. The first kappa shape index (κ1) is 20.6. The number of amides is 1. The Hall–Kier alpha value is -2.62. The predicted molar refractivity (Wildman–Crippen MR) is 110 cm³/mol. The number of carbonyl (C=O) groups excluding carboxylic acids is 1. The number of aromatic amines is 1. The Morgan fingerprint density at radius 3 is 2.93 bits per heavy atom. The van der Waals surface area contributed by atoms with Gasteiger partial charge in [0, 0.05) is 36.8 Å². The quantitative estimate of drug-likeness (QED) is 0.744. The molecule has 1 aromatic heterocycles. The van der Waals surface area contributed by atoms with Crippen molar-refractivity contribution >= 4 is 27.4 Å². The van der Waals surface area contributed by atoms with E-state index >= 15 is 0 Å². The van der Waals surface area contributed by atoms with Crippen LogP contribution in [0.5, 0.6) is 0 Å². The van der Waals surface area contributed by atoms with Crippen LogP contribution >= 0.6 is 0 Å². The van der Waals surface area contributed by atoms with Crippen molar-refractivity contribution < 1.29 is 22.3 Å². The van der Waals surface area contributed by atoms with Crippen LogP contribution in [0.3, 0.4) is 0 Å². The number of halogens is 1. The van der Waals surface area contributed by atoms with Crippen LogP contribution < -0.4 is 5.32 Å². The van der Waals surface area contributed by atoms with Gasteiger partial charge in [-0.2, -0.15) is 5.10 Å². The molecular weight excluding hydrogens is 411 g/mol. The molecule has 2 aliphatic rings. The van der Waals surface area contributed by atoms with Gasteiger partial charge in [-0.15, -0.1) is 0 Å². The number of nitrogens with one attached hydrogen (secondary N) is 2. The van der Waals surface area contributed by atoms with Crippen LogP contribution in [-0.4, -0.2) is 49.3 Å². The Kier molecular flexibility index (Phi) is 5.44. The molecule has 162 valence electrons. The molecule has 1 amide bonds. The minimum atomic E-state index is -3.27. The second kappa shape index (κ2) is 7.90. The van der Waals surface area contributed by atoms with Crippen molar-refractivity contribution in [2.75, 3.05) is 18.9 Å². The molecule has 1 aromatic carbocycles. The maximum absolute atomic E-state index is 14.8.